The first kappa shape index (κ1) is 15.1. The van der Waals surface area contributed by atoms with Crippen molar-refractivity contribution in [2.24, 2.45) is 0 Å². The van der Waals surface area contributed by atoms with Gasteiger partial charge < -0.3 is 24.8 Å². The van der Waals surface area contributed by atoms with Gasteiger partial charge in [0.25, 0.3) is 0 Å². The lowest BCUT2D eigenvalue weighted by Gasteiger charge is -2.30. The van der Waals surface area contributed by atoms with Crippen LogP contribution in [-0.4, -0.2) is 54.9 Å². The van der Waals surface area contributed by atoms with Gasteiger partial charge in [-0.25, -0.2) is 9.59 Å². The monoisotopic (exact) mass is 294 g/mol. The van der Waals surface area contributed by atoms with E-state index in [0.717, 1.165) is 11.3 Å². The van der Waals surface area contributed by atoms with E-state index in [2.05, 4.69) is 5.32 Å². The molecule has 21 heavy (non-hydrogen) atoms. The number of nitrogens with zero attached hydrogens (tertiary/aromatic N) is 1. The fourth-order valence-electron chi connectivity index (χ4n) is 2.14. The van der Waals surface area contributed by atoms with Crippen molar-refractivity contribution in [2.45, 2.75) is 13.0 Å². The zero-order valence-electron chi connectivity index (χ0n) is 12.0. The van der Waals surface area contributed by atoms with Gasteiger partial charge in [0.2, 0.25) is 0 Å². The van der Waals surface area contributed by atoms with Crippen LogP contribution in [0, 0.1) is 6.92 Å². The van der Waals surface area contributed by atoms with Crippen molar-refractivity contribution in [3.63, 3.8) is 0 Å². The molecule has 0 aliphatic carbocycles. The average Bonchev–Trinajstić information content (AvgIpc) is 2.47. The smallest absolute Gasteiger partial charge is 0.334 e. The Balaban J connectivity index is 2.00. The summed E-state index contributed by atoms with van der Waals surface area (Å²) in [5.41, 5.74) is 1.54. The molecule has 7 heteroatoms. The lowest BCUT2D eigenvalue weighted by molar-refractivity contribution is -0.154. The molecular weight excluding hydrogens is 276 g/mol. The minimum atomic E-state index is -1.06. The Morgan fingerprint density at radius 1 is 1.48 bits per heavy atom. The number of aryl methyl sites for hydroxylation is 1. The van der Waals surface area contributed by atoms with Crippen molar-refractivity contribution in [1.29, 1.82) is 0 Å². The topological polar surface area (TPSA) is 88.1 Å². The lowest BCUT2D eigenvalue weighted by Crippen LogP contribution is -2.49. The fraction of sp³-hybridized carbons (Fsp3) is 0.429. The van der Waals surface area contributed by atoms with E-state index in [-0.39, 0.29) is 19.2 Å². The number of carbonyl (C=O) groups is 2. The number of nitrogens with one attached hydrogen (secondary N) is 1. The van der Waals surface area contributed by atoms with Gasteiger partial charge in [-0.05, 0) is 30.7 Å². The van der Waals surface area contributed by atoms with Crippen molar-refractivity contribution in [2.75, 3.05) is 32.1 Å². The molecule has 0 saturated carbocycles. The number of morpholine rings is 1. The quantitative estimate of drug-likeness (QED) is 0.878. The highest BCUT2D eigenvalue weighted by Crippen LogP contribution is 2.21. The maximum absolute atomic E-state index is 12.1. The van der Waals surface area contributed by atoms with Crippen molar-refractivity contribution in [3.8, 4) is 5.75 Å². The zero-order chi connectivity index (χ0) is 15.4. The van der Waals surface area contributed by atoms with E-state index in [9.17, 15) is 9.59 Å². The van der Waals surface area contributed by atoms with Crippen molar-refractivity contribution in [1.82, 2.24) is 4.90 Å². The molecule has 1 heterocycles. The predicted octanol–water partition coefficient (Wildman–Crippen LogP) is 1.32. The molecule has 7 nitrogen and oxygen atoms in total. The second-order valence-corrected chi connectivity index (χ2v) is 4.76. The van der Waals surface area contributed by atoms with E-state index in [1.54, 1.807) is 25.3 Å². The molecule has 1 unspecified atom stereocenters. The number of benzene rings is 1. The molecule has 1 aliphatic rings. The Kier molecular flexibility index (Phi) is 4.64. The first-order valence-electron chi connectivity index (χ1n) is 6.56. The summed E-state index contributed by atoms with van der Waals surface area (Å²) in [6.45, 7) is 2.50. The number of methoxy groups -OCH3 is 1. The van der Waals surface area contributed by atoms with Gasteiger partial charge >= 0.3 is 12.0 Å². The second kappa shape index (κ2) is 6.45. The number of carboxylic acid groups (broad SMARTS) is 1. The Morgan fingerprint density at radius 3 is 2.86 bits per heavy atom. The van der Waals surface area contributed by atoms with Gasteiger partial charge in [-0.1, -0.05) is 0 Å². The molecule has 1 saturated heterocycles. The largest absolute Gasteiger partial charge is 0.496 e. The molecule has 1 aliphatic heterocycles. The van der Waals surface area contributed by atoms with E-state index in [1.165, 1.54) is 4.90 Å². The standard InChI is InChI=1S/C14H18N2O5/c1-9-7-10(3-4-11(9)20-2)15-14(19)16-5-6-21-12(8-16)13(17)18/h3-4,7,12H,5-6,8H2,1-2H3,(H,15,19)(H,17,18). The molecule has 1 aromatic rings. The minimum Gasteiger partial charge on any atom is -0.496 e. The fourth-order valence-corrected chi connectivity index (χ4v) is 2.14. The van der Waals surface area contributed by atoms with Crippen molar-refractivity contribution in [3.05, 3.63) is 23.8 Å². The number of amides is 2. The average molecular weight is 294 g/mol. The van der Waals surface area contributed by atoms with Crippen LogP contribution in [0.25, 0.3) is 0 Å². The summed E-state index contributed by atoms with van der Waals surface area (Å²) in [5.74, 6) is -0.321. The van der Waals surface area contributed by atoms with E-state index in [4.69, 9.17) is 14.6 Å². The molecule has 2 N–H and O–H groups in total. The molecule has 114 valence electrons. The third-order valence-electron chi connectivity index (χ3n) is 3.28. The molecule has 1 atom stereocenters. The Bertz CT molecular complexity index is 546. The van der Waals surface area contributed by atoms with Gasteiger partial charge in [-0.3, -0.25) is 0 Å². The van der Waals surface area contributed by atoms with Crippen LogP contribution in [0.5, 0.6) is 5.75 Å². The van der Waals surface area contributed by atoms with Crippen LogP contribution >= 0.6 is 0 Å². The number of hydrogen-bond acceptors (Lipinski definition) is 4. The summed E-state index contributed by atoms with van der Waals surface area (Å²) >= 11 is 0. The molecule has 2 rings (SSSR count). The third kappa shape index (κ3) is 3.63. The highest BCUT2D eigenvalue weighted by molar-refractivity contribution is 5.90. The number of rotatable bonds is 3. The van der Waals surface area contributed by atoms with Crippen LogP contribution in [0.4, 0.5) is 10.5 Å². The summed E-state index contributed by atoms with van der Waals surface area (Å²) in [6.07, 6.45) is -0.970. The van der Waals surface area contributed by atoms with Crippen LogP contribution < -0.4 is 10.1 Å². The SMILES string of the molecule is COc1ccc(NC(=O)N2CCOC(C(=O)O)C2)cc1C. The summed E-state index contributed by atoms with van der Waals surface area (Å²) in [4.78, 5) is 24.5. The number of urea groups is 1. The van der Waals surface area contributed by atoms with E-state index < -0.39 is 12.1 Å². The maximum Gasteiger partial charge on any atom is 0.334 e. The highest BCUT2D eigenvalue weighted by atomic mass is 16.5. The summed E-state index contributed by atoms with van der Waals surface area (Å²) in [6, 6.07) is 4.96. The molecule has 1 aromatic carbocycles. The molecular formula is C14H18N2O5. The number of carboxylic acids is 1. The molecule has 1 fully saturated rings. The van der Waals surface area contributed by atoms with Crippen LogP contribution in [0.2, 0.25) is 0 Å². The van der Waals surface area contributed by atoms with Gasteiger partial charge in [0, 0.05) is 12.2 Å². The molecule has 0 aromatic heterocycles. The Labute approximate surface area is 122 Å². The number of hydrogen-bond donors (Lipinski definition) is 2. The lowest BCUT2D eigenvalue weighted by atomic mass is 10.2. The summed E-state index contributed by atoms with van der Waals surface area (Å²) < 4.78 is 10.2. The van der Waals surface area contributed by atoms with Crippen molar-refractivity contribution >= 4 is 17.7 Å². The van der Waals surface area contributed by atoms with Gasteiger partial charge in [-0.15, -0.1) is 0 Å². The number of carbonyl (C=O) groups excluding carboxylic acids is 1. The summed E-state index contributed by atoms with van der Waals surface area (Å²) in [7, 11) is 1.58. The van der Waals surface area contributed by atoms with Gasteiger partial charge in [0.05, 0.1) is 20.3 Å². The van der Waals surface area contributed by atoms with Gasteiger partial charge in [0.15, 0.2) is 6.10 Å². The van der Waals surface area contributed by atoms with E-state index in [1.807, 2.05) is 6.92 Å². The van der Waals surface area contributed by atoms with Crippen LogP contribution in [-0.2, 0) is 9.53 Å². The number of aliphatic carboxylic acids is 1. The minimum absolute atomic E-state index is 0.0380. The second-order valence-electron chi connectivity index (χ2n) is 4.76. The van der Waals surface area contributed by atoms with E-state index in [0.29, 0.717) is 12.2 Å². The zero-order valence-corrected chi connectivity index (χ0v) is 12.0. The Morgan fingerprint density at radius 2 is 2.24 bits per heavy atom. The third-order valence-corrected chi connectivity index (χ3v) is 3.28. The van der Waals surface area contributed by atoms with Gasteiger partial charge in [0.1, 0.15) is 5.75 Å². The first-order chi connectivity index (χ1) is 10.0. The highest BCUT2D eigenvalue weighted by Gasteiger charge is 2.28. The number of anilines is 1. The Hall–Kier alpha value is -2.28. The molecule has 0 bridgehead atoms. The normalized spacial score (nSPS) is 18.2. The van der Waals surface area contributed by atoms with Crippen LogP contribution in [0.15, 0.2) is 18.2 Å². The van der Waals surface area contributed by atoms with Crippen LogP contribution in [0.1, 0.15) is 5.56 Å². The molecule has 0 spiro atoms. The first-order valence-corrected chi connectivity index (χ1v) is 6.56. The molecule has 0 radical (unpaired) electrons. The van der Waals surface area contributed by atoms with Crippen LogP contribution in [0.3, 0.4) is 0 Å². The van der Waals surface area contributed by atoms with Crippen molar-refractivity contribution < 1.29 is 24.2 Å². The predicted molar refractivity (Wildman–Crippen MR) is 75.7 cm³/mol. The molecule has 2 amide bonds. The summed E-state index contributed by atoms with van der Waals surface area (Å²) in [5, 5.41) is 11.7. The number of ether oxygens (including phenoxy) is 2. The van der Waals surface area contributed by atoms with Gasteiger partial charge in [-0.2, -0.15) is 0 Å². The van der Waals surface area contributed by atoms with E-state index >= 15 is 0 Å². The maximum atomic E-state index is 12.1.